The maximum atomic E-state index is 12.2. The first kappa shape index (κ1) is 16.4. The van der Waals surface area contributed by atoms with E-state index < -0.39 is 16.1 Å². The summed E-state index contributed by atoms with van der Waals surface area (Å²) in [6, 6.07) is 5.67. The van der Waals surface area contributed by atoms with Gasteiger partial charge in [0.25, 0.3) is 0 Å². The number of hydrogen-bond acceptors (Lipinski definition) is 3. The standard InChI is InChI=1S/C12H17IN2O3S/c1-8(2)11(12(16)14-3)15-19(17,18)10-6-4-9(13)5-7-10/h4-8,11,15H,1-3H3,(H,14,16)/t11-/m1/s1. The predicted molar refractivity (Wildman–Crippen MR) is 82.2 cm³/mol. The molecule has 106 valence electrons. The van der Waals surface area contributed by atoms with Gasteiger partial charge < -0.3 is 5.32 Å². The predicted octanol–water partition coefficient (Wildman–Crippen LogP) is 1.34. The van der Waals surface area contributed by atoms with Crippen LogP contribution in [-0.4, -0.2) is 27.4 Å². The van der Waals surface area contributed by atoms with Crippen molar-refractivity contribution >= 4 is 38.5 Å². The highest BCUT2D eigenvalue weighted by atomic mass is 127. The van der Waals surface area contributed by atoms with Crippen molar-refractivity contribution in [2.45, 2.75) is 24.8 Å². The molecule has 0 aliphatic carbocycles. The largest absolute Gasteiger partial charge is 0.358 e. The van der Waals surface area contributed by atoms with Gasteiger partial charge in [-0.05, 0) is 52.8 Å². The Morgan fingerprint density at radius 1 is 1.21 bits per heavy atom. The maximum Gasteiger partial charge on any atom is 0.241 e. The number of hydrogen-bond donors (Lipinski definition) is 2. The Kier molecular flexibility index (Phi) is 5.75. The van der Waals surface area contributed by atoms with E-state index in [0.29, 0.717) is 0 Å². The topological polar surface area (TPSA) is 75.3 Å². The summed E-state index contributed by atoms with van der Waals surface area (Å²) >= 11 is 2.10. The van der Waals surface area contributed by atoms with Crippen LogP contribution in [0.2, 0.25) is 0 Å². The molecule has 19 heavy (non-hydrogen) atoms. The molecule has 0 spiro atoms. The van der Waals surface area contributed by atoms with E-state index in [-0.39, 0.29) is 16.7 Å². The van der Waals surface area contributed by atoms with E-state index in [1.165, 1.54) is 19.2 Å². The molecule has 1 aromatic carbocycles. The van der Waals surface area contributed by atoms with Crippen molar-refractivity contribution in [1.82, 2.24) is 10.0 Å². The lowest BCUT2D eigenvalue weighted by molar-refractivity contribution is -0.123. The summed E-state index contributed by atoms with van der Waals surface area (Å²) in [7, 11) is -2.21. The number of carbonyl (C=O) groups excluding carboxylic acids is 1. The summed E-state index contributed by atoms with van der Waals surface area (Å²) in [6.07, 6.45) is 0. The highest BCUT2D eigenvalue weighted by molar-refractivity contribution is 14.1. The zero-order valence-electron chi connectivity index (χ0n) is 11.0. The minimum absolute atomic E-state index is 0.140. The smallest absolute Gasteiger partial charge is 0.241 e. The Balaban J connectivity index is 3.00. The van der Waals surface area contributed by atoms with Crippen molar-refractivity contribution in [1.29, 1.82) is 0 Å². The second-order valence-electron chi connectivity index (χ2n) is 4.41. The van der Waals surface area contributed by atoms with Crippen LogP contribution in [0.15, 0.2) is 29.2 Å². The van der Waals surface area contributed by atoms with Crippen molar-refractivity contribution in [2.75, 3.05) is 7.05 Å². The zero-order valence-corrected chi connectivity index (χ0v) is 13.9. The van der Waals surface area contributed by atoms with Gasteiger partial charge >= 0.3 is 0 Å². The van der Waals surface area contributed by atoms with Crippen LogP contribution >= 0.6 is 22.6 Å². The molecule has 1 rings (SSSR count). The van der Waals surface area contributed by atoms with Crippen LogP contribution in [0.4, 0.5) is 0 Å². The molecule has 1 amide bonds. The molecule has 2 N–H and O–H groups in total. The van der Waals surface area contributed by atoms with Gasteiger partial charge in [0.05, 0.1) is 4.90 Å². The van der Waals surface area contributed by atoms with Gasteiger partial charge in [-0.1, -0.05) is 13.8 Å². The molecule has 1 aromatic rings. The molecule has 0 fully saturated rings. The molecule has 0 heterocycles. The second kappa shape index (κ2) is 6.67. The molecule has 0 aromatic heterocycles. The molecular formula is C12H17IN2O3S. The third-order valence-electron chi connectivity index (χ3n) is 2.60. The molecule has 0 radical (unpaired) electrons. The van der Waals surface area contributed by atoms with Crippen molar-refractivity contribution in [3.63, 3.8) is 0 Å². The van der Waals surface area contributed by atoms with Gasteiger partial charge in [-0.2, -0.15) is 4.72 Å². The van der Waals surface area contributed by atoms with Crippen LogP contribution in [0.25, 0.3) is 0 Å². The van der Waals surface area contributed by atoms with Crippen LogP contribution < -0.4 is 10.0 Å². The summed E-state index contributed by atoms with van der Waals surface area (Å²) in [6.45, 7) is 3.58. The molecule has 0 saturated carbocycles. The summed E-state index contributed by atoms with van der Waals surface area (Å²) in [5, 5.41) is 2.46. The van der Waals surface area contributed by atoms with E-state index in [9.17, 15) is 13.2 Å². The van der Waals surface area contributed by atoms with Gasteiger partial charge in [0.2, 0.25) is 15.9 Å². The fourth-order valence-corrected chi connectivity index (χ4v) is 3.20. The first-order valence-corrected chi connectivity index (χ1v) is 8.33. The number of halogens is 1. The van der Waals surface area contributed by atoms with Crippen molar-refractivity contribution in [2.24, 2.45) is 5.92 Å². The molecule has 0 aliphatic heterocycles. The van der Waals surface area contributed by atoms with Crippen LogP contribution in [0.1, 0.15) is 13.8 Å². The number of benzene rings is 1. The molecule has 0 aliphatic rings. The highest BCUT2D eigenvalue weighted by Gasteiger charge is 2.27. The van der Waals surface area contributed by atoms with Crippen LogP contribution in [0.3, 0.4) is 0 Å². The van der Waals surface area contributed by atoms with Crippen LogP contribution in [-0.2, 0) is 14.8 Å². The normalized spacial score (nSPS) is 13.3. The van der Waals surface area contributed by atoms with E-state index in [0.717, 1.165) is 3.57 Å². The number of sulfonamides is 1. The molecule has 0 bridgehead atoms. The van der Waals surface area contributed by atoms with E-state index in [1.54, 1.807) is 26.0 Å². The monoisotopic (exact) mass is 396 g/mol. The van der Waals surface area contributed by atoms with Crippen LogP contribution in [0, 0.1) is 9.49 Å². The van der Waals surface area contributed by atoms with Gasteiger partial charge in [0.15, 0.2) is 0 Å². The number of likely N-dealkylation sites (N-methyl/N-ethyl adjacent to an activating group) is 1. The third-order valence-corrected chi connectivity index (χ3v) is 4.78. The van der Waals surface area contributed by atoms with E-state index in [1.807, 2.05) is 0 Å². The molecule has 7 heteroatoms. The second-order valence-corrected chi connectivity index (χ2v) is 7.37. The van der Waals surface area contributed by atoms with Crippen molar-refractivity contribution in [3.8, 4) is 0 Å². The Hall–Kier alpha value is -0.670. The fraction of sp³-hybridized carbons (Fsp3) is 0.417. The Morgan fingerprint density at radius 2 is 1.74 bits per heavy atom. The molecule has 0 saturated heterocycles. The average Bonchev–Trinajstić information content (AvgIpc) is 2.35. The lowest BCUT2D eigenvalue weighted by Crippen LogP contribution is -2.48. The van der Waals surface area contributed by atoms with E-state index in [4.69, 9.17) is 0 Å². The van der Waals surface area contributed by atoms with Gasteiger partial charge in [-0.25, -0.2) is 8.42 Å². The minimum atomic E-state index is -3.69. The Bertz CT molecular complexity index is 541. The van der Waals surface area contributed by atoms with Gasteiger partial charge in [0, 0.05) is 10.6 Å². The van der Waals surface area contributed by atoms with Gasteiger partial charge in [-0.15, -0.1) is 0 Å². The summed E-state index contributed by atoms with van der Waals surface area (Å²) in [5.74, 6) is -0.484. The van der Waals surface area contributed by atoms with E-state index >= 15 is 0 Å². The molecular weight excluding hydrogens is 379 g/mol. The zero-order chi connectivity index (χ0) is 14.6. The maximum absolute atomic E-state index is 12.2. The highest BCUT2D eigenvalue weighted by Crippen LogP contribution is 2.14. The number of carbonyl (C=O) groups is 1. The van der Waals surface area contributed by atoms with Gasteiger partial charge in [-0.3, -0.25) is 4.79 Å². The lowest BCUT2D eigenvalue weighted by atomic mass is 10.1. The fourth-order valence-electron chi connectivity index (χ4n) is 1.50. The summed E-state index contributed by atoms with van der Waals surface area (Å²) in [5.41, 5.74) is 0. The number of amides is 1. The van der Waals surface area contributed by atoms with Crippen LogP contribution in [0.5, 0.6) is 0 Å². The van der Waals surface area contributed by atoms with Crippen molar-refractivity contribution < 1.29 is 13.2 Å². The third kappa shape index (κ3) is 4.43. The number of nitrogens with one attached hydrogen (secondary N) is 2. The molecule has 0 unspecified atom stereocenters. The van der Waals surface area contributed by atoms with E-state index in [2.05, 4.69) is 32.6 Å². The minimum Gasteiger partial charge on any atom is -0.358 e. The molecule has 1 atom stereocenters. The quantitative estimate of drug-likeness (QED) is 0.738. The van der Waals surface area contributed by atoms with Crippen molar-refractivity contribution in [3.05, 3.63) is 27.8 Å². The lowest BCUT2D eigenvalue weighted by Gasteiger charge is -2.20. The SMILES string of the molecule is CNC(=O)[C@H](NS(=O)(=O)c1ccc(I)cc1)C(C)C. The summed E-state index contributed by atoms with van der Waals surface area (Å²) in [4.78, 5) is 11.8. The molecule has 5 nitrogen and oxygen atoms in total. The Morgan fingerprint density at radius 3 is 2.16 bits per heavy atom. The first-order valence-electron chi connectivity index (χ1n) is 5.77. The average molecular weight is 396 g/mol. The van der Waals surface area contributed by atoms with Gasteiger partial charge in [0.1, 0.15) is 6.04 Å². The summed E-state index contributed by atoms with van der Waals surface area (Å²) < 4.78 is 27.8. The Labute approximate surface area is 127 Å². The number of rotatable bonds is 5. The first-order chi connectivity index (χ1) is 8.77.